The van der Waals surface area contributed by atoms with Crippen molar-refractivity contribution in [2.45, 2.75) is 11.5 Å². The lowest BCUT2D eigenvalue weighted by atomic mass is 9.79. The molecule has 0 saturated heterocycles. The van der Waals surface area contributed by atoms with Gasteiger partial charge in [0.1, 0.15) is 5.54 Å². The van der Waals surface area contributed by atoms with Crippen LogP contribution in [0.2, 0.25) is 0 Å². The zero-order chi connectivity index (χ0) is 65.5. The lowest BCUT2D eigenvalue weighted by Crippen LogP contribution is -2.41. The van der Waals surface area contributed by atoms with Gasteiger partial charge in [-0.25, -0.2) is 0 Å². The fraction of sp³-hybridized carbons (Fsp3) is 0.0213. The Morgan fingerprint density at radius 2 is 0.541 bits per heavy atom. The van der Waals surface area contributed by atoms with Gasteiger partial charge < -0.3 is 19.6 Å². The predicted octanol–water partition coefficient (Wildman–Crippen LogP) is 26.0. The van der Waals surface area contributed by atoms with E-state index in [4.69, 9.17) is 0 Å². The first-order valence-corrected chi connectivity index (χ1v) is 33.7. The van der Waals surface area contributed by atoms with E-state index in [9.17, 15) is 0 Å². The third-order valence-corrected chi connectivity index (χ3v) is 18.9. The molecule has 98 heavy (non-hydrogen) atoms. The van der Waals surface area contributed by atoms with Crippen molar-refractivity contribution in [2.75, 3.05) is 19.6 Å². The first-order chi connectivity index (χ1) is 48.6. The molecule has 0 aliphatic heterocycles. The van der Waals surface area contributed by atoms with Gasteiger partial charge in [-0.1, -0.05) is 297 Å². The van der Waals surface area contributed by atoms with E-state index in [0.29, 0.717) is 0 Å². The Balaban J connectivity index is 0.000000154. The summed E-state index contributed by atoms with van der Waals surface area (Å²) in [6.45, 7) is 0. The van der Waals surface area contributed by atoms with Crippen molar-refractivity contribution >= 4 is 106 Å². The number of fused-ring (bicyclic) bond motifs is 4. The minimum atomic E-state index is -0.554. The molecule has 0 amide bonds. The Labute approximate surface area is 574 Å². The van der Waals surface area contributed by atoms with Crippen molar-refractivity contribution in [1.82, 2.24) is 0 Å². The summed E-state index contributed by atoms with van der Waals surface area (Å²) in [5, 5.41) is 9.83. The van der Waals surface area contributed by atoms with Gasteiger partial charge in [-0.3, -0.25) is 0 Å². The van der Waals surface area contributed by atoms with E-state index in [0.717, 1.165) is 56.9 Å². The van der Waals surface area contributed by atoms with Gasteiger partial charge in [0, 0.05) is 67.9 Å². The normalized spacial score (nSPS) is 14.0. The van der Waals surface area contributed by atoms with Crippen LogP contribution in [-0.4, -0.2) is 0 Å². The third kappa shape index (κ3) is 12.2. The van der Waals surface area contributed by atoms with E-state index in [-0.39, 0.29) is 5.92 Å². The van der Waals surface area contributed by atoms with Crippen molar-refractivity contribution in [3.8, 4) is 11.1 Å². The fourth-order valence-electron chi connectivity index (χ4n) is 14.1. The van der Waals surface area contributed by atoms with Gasteiger partial charge in [-0.15, -0.1) is 0 Å². The predicted molar refractivity (Wildman–Crippen MR) is 417 cm³/mol. The molecular weight excluding hydrogens is 1190 g/mol. The second kappa shape index (κ2) is 27.3. The number of para-hydroxylation sites is 4. The van der Waals surface area contributed by atoms with Crippen molar-refractivity contribution in [3.63, 3.8) is 0 Å². The second-order valence-electron chi connectivity index (χ2n) is 24.9. The quantitative estimate of drug-likeness (QED) is 0.0949. The topological polar surface area (TPSA) is 13.0 Å². The number of benzene rings is 16. The van der Waals surface area contributed by atoms with Gasteiger partial charge in [-0.2, -0.15) is 0 Å². The molecule has 0 bridgehead atoms. The lowest BCUT2D eigenvalue weighted by molar-refractivity contribution is 0.663. The van der Waals surface area contributed by atoms with Crippen LogP contribution in [0.3, 0.4) is 0 Å². The highest BCUT2D eigenvalue weighted by atomic mass is 15.2. The molecule has 0 N–H and O–H groups in total. The van der Waals surface area contributed by atoms with Crippen molar-refractivity contribution in [2.24, 2.45) is 0 Å². The molecule has 466 valence electrons. The van der Waals surface area contributed by atoms with E-state index in [2.05, 4.69) is 438 Å². The summed E-state index contributed by atoms with van der Waals surface area (Å²) in [5.74, 6) is 0.124. The maximum atomic E-state index is 2.50. The number of hydrogen-bond donors (Lipinski definition) is 0. The van der Waals surface area contributed by atoms with Crippen molar-refractivity contribution in [3.05, 3.63) is 430 Å². The second-order valence-corrected chi connectivity index (χ2v) is 24.9. The highest BCUT2D eigenvalue weighted by molar-refractivity contribution is 6.00. The summed E-state index contributed by atoms with van der Waals surface area (Å²) >= 11 is 0. The van der Waals surface area contributed by atoms with Gasteiger partial charge in [0.15, 0.2) is 0 Å². The smallest absolute Gasteiger partial charge is 0.107 e. The Morgan fingerprint density at radius 1 is 0.214 bits per heavy atom. The number of hydrogen-bond acceptors (Lipinski definition) is 4. The molecule has 0 fully saturated rings. The summed E-state index contributed by atoms with van der Waals surface area (Å²) in [4.78, 5) is 9.50. The van der Waals surface area contributed by atoms with Crippen LogP contribution in [0, 0.1) is 0 Å². The maximum absolute atomic E-state index is 2.50. The summed E-state index contributed by atoms with van der Waals surface area (Å²) in [6, 6.07) is 141. The molecule has 16 aromatic carbocycles. The minimum absolute atomic E-state index is 0.124. The molecule has 0 atom stereocenters. The highest BCUT2D eigenvalue weighted by Crippen LogP contribution is 2.48. The summed E-state index contributed by atoms with van der Waals surface area (Å²) in [5.41, 5.74) is 16.8. The minimum Gasteiger partial charge on any atom is -0.324 e. The van der Waals surface area contributed by atoms with Crippen LogP contribution >= 0.6 is 0 Å². The van der Waals surface area contributed by atoms with Crippen LogP contribution < -0.4 is 19.6 Å². The molecule has 0 heterocycles. The van der Waals surface area contributed by atoms with Crippen LogP contribution in [0.25, 0.3) is 54.2 Å². The molecule has 0 saturated carbocycles. The Bertz CT molecular complexity index is 5260. The van der Waals surface area contributed by atoms with Crippen LogP contribution in [0.1, 0.15) is 17.0 Å². The van der Waals surface area contributed by atoms with E-state index in [1.165, 1.54) is 71.0 Å². The number of anilines is 11. The Hall–Kier alpha value is -12.8. The maximum Gasteiger partial charge on any atom is 0.107 e. The van der Waals surface area contributed by atoms with Crippen LogP contribution in [-0.2, 0) is 5.54 Å². The number of rotatable bonds is 15. The Morgan fingerprint density at radius 3 is 1.01 bits per heavy atom. The molecular formula is C94H70N4. The van der Waals surface area contributed by atoms with Gasteiger partial charge in [-0.05, 0) is 176 Å². The monoisotopic (exact) mass is 1250 g/mol. The SMILES string of the molecule is C1=CC(c2ccccc2)(N(c2ccccc2)c2cccc3ccccc23)C=CC1c1ccc(N(c2ccccc2)c2cccc3ccccc23)cc1.c1ccc(N(c2ccc(-c3ccc(N(c4ccccc4)c4ccc5ccccc5c4)cc3)cc2)c2ccc3ccccc3c2)cc1. The van der Waals surface area contributed by atoms with E-state index < -0.39 is 5.54 Å². The zero-order valence-corrected chi connectivity index (χ0v) is 54.2. The van der Waals surface area contributed by atoms with Crippen molar-refractivity contribution in [1.29, 1.82) is 0 Å². The molecule has 4 nitrogen and oxygen atoms in total. The lowest BCUT2D eigenvalue weighted by Gasteiger charge is -2.44. The van der Waals surface area contributed by atoms with Gasteiger partial charge in [0.2, 0.25) is 0 Å². The molecule has 0 radical (unpaired) electrons. The van der Waals surface area contributed by atoms with Gasteiger partial charge >= 0.3 is 0 Å². The van der Waals surface area contributed by atoms with Crippen LogP contribution in [0.5, 0.6) is 0 Å². The molecule has 1 aliphatic carbocycles. The molecule has 17 rings (SSSR count). The van der Waals surface area contributed by atoms with E-state index in [1.54, 1.807) is 0 Å². The largest absolute Gasteiger partial charge is 0.324 e. The van der Waals surface area contributed by atoms with Crippen LogP contribution in [0.15, 0.2) is 419 Å². The average molecular weight is 1260 g/mol. The summed E-state index contributed by atoms with van der Waals surface area (Å²) < 4.78 is 0. The molecule has 0 aromatic heterocycles. The van der Waals surface area contributed by atoms with Gasteiger partial charge in [0.05, 0.1) is 11.4 Å². The fourth-order valence-corrected chi connectivity index (χ4v) is 14.1. The first-order valence-electron chi connectivity index (χ1n) is 33.7. The third-order valence-electron chi connectivity index (χ3n) is 18.9. The van der Waals surface area contributed by atoms with E-state index >= 15 is 0 Å². The van der Waals surface area contributed by atoms with Gasteiger partial charge in [0.25, 0.3) is 0 Å². The number of nitrogens with zero attached hydrogens (tertiary/aromatic N) is 4. The van der Waals surface area contributed by atoms with E-state index in [1.807, 2.05) is 0 Å². The molecule has 16 aromatic rings. The highest BCUT2D eigenvalue weighted by Gasteiger charge is 2.38. The zero-order valence-electron chi connectivity index (χ0n) is 54.2. The molecule has 0 unspecified atom stereocenters. The van der Waals surface area contributed by atoms with Crippen molar-refractivity contribution < 1.29 is 0 Å². The summed E-state index contributed by atoms with van der Waals surface area (Å²) in [7, 11) is 0. The molecule has 4 heteroatoms. The van der Waals surface area contributed by atoms with Crippen LogP contribution in [0.4, 0.5) is 62.6 Å². The number of allylic oxidation sites excluding steroid dienone is 2. The standard InChI is InChI=1S/C50H38N2.C44H32N2/c1-4-20-42(21-5-1)50(52(45-24-8-3-9-25-45)49-29-15-19-41-17-11-13-27-47(41)49)36-34-39(35-37-50)38-30-32-44(33-31-38)51(43-22-6-2-7-23-43)48-28-14-18-40-16-10-12-26-46(40)48;1-3-15-39(16-4-1)45(43-29-23-33-11-7-9-13-37(33)31-43)41-25-19-35(20-26-41)36-21-27-42(28-22-36)46(40-17-5-2-6-18-40)44-30-24-34-12-8-10-14-38(34)32-44/h1-37,39H;1-32H. The first kappa shape index (κ1) is 60.2. The molecule has 1 aliphatic rings. The Kier molecular flexibility index (Phi) is 16.8. The molecule has 0 spiro atoms. The average Bonchev–Trinajstić information content (AvgIpc) is 0.737. The summed E-state index contributed by atoms with van der Waals surface area (Å²) in [6.07, 6.45) is 9.57.